The summed E-state index contributed by atoms with van der Waals surface area (Å²) in [5.74, 6) is 0. The summed E-state index contributed by atoms with van der Waals surface area (Å²) in [4.78, 5) is 0. The largest absolute Gasteiger partial charge is 0.345 e. The fraction of sp³-hybridized carbons (Fsp3) is 0. The van der Waals surface area contributed by atoms with Gasteiger partial charge in [-0.3, -0.25) is 0 Å². The molecule has 3 nitrogen and oxygen atoms in total. The van der Waals surface area contributed by atoms with Gasteiger partial charge in [-0.25, -0.2) is 0 Å². The predicted octanol–water partition coefficient (Wildman–Crippen LogP) is 5.07. The van der Waals surface area contributed by atoms with Gasteiger partial charge in [0.2, 0.25) is 0 Å². The molecule has 0 radical (unpaired) electrons. The highest BCUT2D eigenvalue weighted by Crippen LogP contribution is 2.38. The van der Waals surface area contributed by atoms with E-state index in [2.05, 4.69) is 52.8 Å². The molecule has 0 unspecified atom stereocenters. The van der Waals surface area contributed by atoms with Gasteiger partial charge in [0.05, 0.1) is 0 Å². The number of benzene rings is 3. The van der Waals surface area contributed by atoms with Crippen LogP contribution in [-0.4, -0.2) is 10.4 Å². The Morgan fingerprint density at radius 2 is 1.17 bits per heavy atom. The van der Waals surface area contributed by atoms with E-state index in [0.717, 1.165) is 33.5 Å². The van der Waals surface area contributed by atoms with Crippen LogP contribution in [0.4, 0.5) is 0 Å². The summed E-state index contributed by atoms with van der Waals surface area (Å²) in [5, 5.41) is 7.79. The van der Waals surface area contributed by atoms with E-state index in [4.69, 9.17) is 4.52 Å². The van der Waals surface area contributed by atoms with Crippen molar-refractivity contribution in [3.05, 3.63) is 85.1 Å². The smallest absolute Gasteiger partial charge is 0.152 e. The predicted molar refractivity (Wildman–Crippen MR) is 90.6 cm³/mol. The van der Waals surface area contributed by atoms with E-state index in [-0.39, 0.29) is 0 Å². The summed E-state index contributed by atoms with van der Waals surface area (Å²) in [6.45, 7) is 0. The van der Waals surface area contributed by atoms with E-state index in [1.54, 1.807) is 6.26 Å². The monoisotopic (exact) mass is 298 g/mol. The molecule has 23 heavy (non-hydrogen) atoms. The molecule has 0 bridgehead atoms. The molecule has 0 saturated carbocycles. The van der Waals surface area contributed by atoms with Gasteiger partial charge in [0, 0.05) is 10.8 Å². The second kappa shape index (κ2) is 5.89. The minimum Gasteiger partial charge on any atom is -0.345 e. The standard InChI is InChI=1S/C20H14N2O/c1-3-8-15(9-4-1)17-12-7-13-18(16-10-5-2-6-11-16)20(17)19-14-23-22-21-19/h1-14H. The third-order valence-corrected chi connectivity index (χ3v) is 3.85. The quantitative estimate of drug-likeness (QED) is 0.530. The molecule has 0 aliphatic rings. The maximum absolute atomic E-state index is 4.99. The van der Waals surface area contributed by atoms with Crippen LogP contribution in [0.3, 0.4) is 0 Å². The topological polar surface area (TPSA) is 38.9 Å². The van der Waals surface area contributed by atoms with E-state index in [1.807, 2.05) is 36.4 Å². The first kappa shape index (κ1) is 13.5. The fourth-order valence-electron chi connectivity index (χ4n) is 2.82. The Morgan fingerprint density at radius 3 is 1.65 bits per heavy atom. The van der Waals surface area contributed by atoms with Crippen molar-refractivity contribution in [1.29, 1.82) is 0 Å². The maximum atomic E-state index is 4.99. The van der Waals surface area contributed by atoms with E-state index in [0.29, 0.717) is 0 Å². The molecule has 1 heterocycles. The van der Waals surface area contributed by atoms with Crippen molar-refractivity contribution < 1.29 is 4.52 Å². The van der Waals surface area contributed by atoms with Gasteiger partial charge in [-0.2, -0.15) is 0 Å². The Balaban J connectivity index is 2.01. The van der Waals surface area contributed by atoms with Gasteiger partial charge in [-0.05, 0) is 22.3 Å². The molecule has 0 spiro atoms. The summed E-state index contributed by atoms with van der Waals surface area (Å²) in [6, 6.07) is 26.9. The van der Waals surface area contributed by atoms with Crippen molar-refractivity contribution in [2.24, 2.45) is 0 Å². The highest BCUT2D eigenvalue weighted by atomic mass is 16.5. The van der Waals surface area contributed by atoms with Crippen LogP contribution < -0.4 is 0 Å². The Bertz CT molecular complexity index is 843. The Labute approximate surface area is 134 Å². The first-order valence-corrected chi connectivity index (χ1v) is 7.45. The number of hydrogen-bond donors (Lipinski definition) is 0. The molecule has 0 aliphatic carbocycles. The fourth-order valence-corrected chi connectivity index (χ4v) is 2.82. The van der Waals surface area contributed by atoms with E-state index in [1.165, 1.54) is 0 Å². The maximum Gasteiger partial charge on any atom is 0.152 e. The molecule has 0 saturated heterocycles. The van der Waals surface area contributed by atoms with Crippen LogP contribution >= 0.6 is 0 Å². The van der Waals surface area contributed by atoms with Crippen LogP contribution in [0.5, 0.6) is 0 Å². The zero-order chi connectivity index (χ0) is 15.5. The molecule has 0 fully saturated rings. The lowest BCUT2D eigenvalue weighted by Gasteiger charge is -2.13. The van der Waals surface area contributed by atoms with Crippen molar-refractivity contribution in [2.45, 2.75) is 0 Å². The Hall–Kier alpha value is -3.20. The van der Waals surface area contributed by atoms with Gasteiger partial charge in [0.25, 0.3) is 0 Å². The van der Waals surface area contributed by atoms with Crippen LogP contribution in [0.1, 0.15) is 0 Å². The van der Waals surface area contributed by atoms with Crippen LogP contribution in [-0.2, 0) is 0 Å². The number of rotatable bonds is 3. The molecular formula is C20H14N2O. The second-order valence-corrected chi connectivity index (χ2v) is 5.25. The second-order valence-electron chi connectivity index (χ2n) is 5.25. The lowest BCUT2D eigenvalue weighted by molar-refractivity contribution is 0.393. The SMILES string of the molecule is c1ccc(-c2cccc(-c3ccccc3)c2-c2conn2)cc1. The third kappa shape index (κ3) is 2.53. The molecule has 3 aromatic carbocycles. The molecule has 0 N–H and O–H groups in total. The molecule has 110 valence electrons. The average Bonchev–Trinajstić information content (AvgIpc) is 3.17. The number of aromatic nitrogens is 2. The molecule has 0 atom stereocenters. The van der Waals surface area contributed by atoms with E-state index < -0.39 is 0 Å². The van der Waals surface area contributed by atoms with Crippen LogP contribution in [0, 0.1) is 0 Å². The van der Waals surface area contributed by atoms with Crippen molar-refractivity contribution in [2.75, 3.05) is 0 Å². The van der Waals surface area contributed by atoms with Gasteiger partial charge >= 0.3 is 0 Å². The summed E-state index contributed by atoms with van der Waals surface area (Å²) >= 11 is 0. The van der Waals surface area contributed by atoms with Crippen LogP contribution in [0.2, 0.25) is 0 Å². The van der Waals surface area contributed by atoms with Crippen LogP contribution in [0.25, 0.3) is 33.5 Å². The lowest BCUT2D eigenvalue weighted by Crippen LogP contribution is -1.90. The van der Waals surface area contributed by atoms with Gasteiger partial charge in [-0.1, -0.05) is 78.9 Å². The zero-order valence-corrected chi connectivity index (χ0v) is 12.4. The Kier molecular flexibility index (Phi) is 3.45. The molecule has 4 rings (SSSR count). The van der Waals surface area contributed by atoms with Crippen molar-refractivity contribution in [1.82, 2.24) is 10.4 Å². The highest BCUT2D eigenvalue weighted by molar-refractivity contribution is 5.92. The number of hydrogen-bond acceptors (Lipinski definition) is 3. The van der Waals surface area contributed by atoms with Gasteiger partial charge in [-0.15, -0.1) is 5.10 Å². The van der Waals surface area contributed by atoms with E-state index in [9.17, 15) is 0 Å². The van der Waals surface area contributed by atoms with Crippen molar-refractivity contribution in [3.63, 3.8) is 0 Å². The first-order chi connectivity index (χ1) is 11.4. The van der Waals surface area contributed by atoms with Gasteiger partial charge in [0.15, 0.2) is 6.26 Å². The molecule has 4 aromatic rings. The molecular weight excluding hydrogens is 284 g/mol. The summed E-state index contributed by atoms with van der Waals surface area (Å²) in [5.41, 5.74) is 6.28. The molecule has 0 aliphatic heterocycles. The van der Waals surface area contributed by atoms with Crippen molar-refractivity contribution in [3.8, 4) is 33.5 Å². The summed E-state index contributed by atoms with van der Waals surface area (Å²) in [7, 11) is 0. The zero-order valence-electron chi connectivity index (χ0n) is 12.4. The summed E-state index contributed by atoms with van der Waals surface area (Å²) in [6.07, 6.45) is 1.59. The minimum atomic E-state index is 0.739. The van der Waals surface area contributed by atoms with E-state index >= 15 is 0 Å². The lowest BCUT2D eigenvalue weighted by atomic mass is 9.90. The highest BCUT2D eigenvalue weighted by Gasteiger charge is 2.16. The molecule has 0 amide bonds. The number of nitrogens with zero attached hydrogens (tertiary/aromatic N) is 2. The normalized spacial score (nSPS) is 10.6. The van der Waals surface area contributed by atoms with Crippen molar-refractivity contribution >= 4 is 0 Å². The minimum absolute atomic E-state index is 0.739. The van der Waals surface area contributed by atoms with Crippen LogP contribution in [0.15, 0.2) is 89.6 Å². The van der Waals surface area contributed by atoms with Gasteiger partial charge in [0.1, 0.15) is 5.69 Å². The first-order valence-electron chi connectivity index (χ1n) is 7.45. The molecule has 3 heteroatoms. The van der Waals surface area contributed by atoms with Gasteiger partial charge < -0.3 is 4.52 Å². The average molecular weight is 298 g/mol. The third-order valence-electron chi connectivity index (χ3n) is 3.85. The molecule has 1 aromatic heterocycles. The summed E-state index contributed by atoms with van der Waals surface area (Å²) < 4.78 is 4.99. The Morgan fingerprint density at radius 1 is 0.609 bits per heavy atom.